The molecule has 4 nitrogen and oxygen atoms in total. The smallest absolute Gasteiger partial charge is 0.221 e. The van der Waals surface area contributed by atoms with E-state index in [0.29, 0.717) is 11.9 Å². The van der Waals surface area contributed by atoms with Gasteiger partial charge in [-0.25, -0.2) is 4.98 Å². The van der Waals surface area contributed by atoms with E-state index in [1.54, 1.807) is 13.3 Å². The van der Waals surface area contributed by atoms with Crippen molar-refractivity contribution in [3.05, 3.63) is 30.5 Å². The summed E-state index contributed by atoms with van der Waals surface area (Å²) in [7, 11) is 1.66. The number of nitrogens with one attached hydrogen (secondary N) is 2. The third-order valence-corrected chi connectivity index (χ3v) is 3.66. The maximum Gasteiger partial charge on any atom is 0.221 e. The van der Waals surface area contributed by atoms with Gasteiger partial charge in [0.05, 0.1) is 7.11 Å². The first kappa shape index (κ1) is 14.9. The molecule has 0 atom stereocenters. The monoisotopic (exact) mass is 293 g/mol. The van der Waals surface area contributed by atoms with E-state index in [1.807, 2.05) is 6.07 Å². The lowest BCUT2D eigenvalue weighted by Crippen LogP contribution is -2.35. The van der Waals surface area contributed by atoms with Crippen LogP contribution < -0.4 is 15.4 Å². The molecule has 1 fully saturated rings. The van der Waals surface area contributed by atoms with Crippen LogP contribution >= 0.6 is 12.4 Å². The van der Waals surface area contributed by atoms with Gasteiger partial charge in [-0.15, -0.1) is 12.4 Å². The first-order valence-electron chi connectivity index (χ1n) is 6.77. The van der Waals surface area contributed by atoms with Crippen LogP contribution in [-0.4, -0.2) is 31.2 Å². The van der Waals surface area contributed by atoms with Gasteiger partial charge in [-0.05, 0) is 44.1 Å². The second kappa shape index (κ2) is 6.77. The van der Waals surface area contributed by atoms with Crippen LogP contribution in [0.1, 0.15) is 12.8 Å². The van der Waals surface area contributed by atoms with Gasteiger partial charge in [0.2, 0.25) is 5.88 Å². The lowest BCUT2D eigenvalue weighted by molar-refractivity contribution is 0.403. The van der Waals surface area contributed by atoms with E-state index in [-0.39, 0.29) is 12.4 Å². The number of fused-ring (bicyclic) bond motifs is 1. The number of methoxy groups -OCH3 is 1. The van der Waals surface area contributed by atoms with E-state index in [2.05, 4.69) is 33.8 Å². The molecule has 20 heavy (non-hydrogen) atoms. The summed E-state index contributed by atoms with van der Waals surface area (Å²) < 4.78 is 5.32. The molecule has 0 spiro atoms. The Hall–Kier alpha value is -1.52. The lowest BCUT2D eigenvalue weighted by atomic mass is 10.0. The van der Waals surface area contributed by atoms with E-state index in [0.717, 1.165) is 18.5 Å². The minimum atomic E-state index is 0. The largest absolute Gasteiger partial charge is 0.481 e. The first-order valence-corrected chi connectivity index (χ1v) is 6.77. The van der Waals surface area contributed by atoms with Crippen LogP contribution in [0.4, 0.5) is 5.69 Å². The summed E-state index contributed by atoms with van der Waals surface area (Å²) >= 11 is 0. The zero-order valence-electron chi connectivity index (χ0n) is 11.6. The van der Waals surface area contributed by atoms with Gasteiger partial charge in [0.1, 0.15) is 0 Å². The van der Waals surface area contributed by atoms with Crippen molar-refractivity contribution in [3.63, 3.8) is 0 Å². The van der Waals surface area contributed by atoms with Crippen molar-refractivity contribution >= 4 is 28.9 Å². The molecule has 108 valence electrons. The minimum absolute atomic E-state index is 0. The molecule has 3 rings (SSSR count). The van der Waals surface area contributed by atoms with Gasteiger partial charge in [0, 0.05) is 28.7 Å². The quantitative estimate of drug-likeness (QED) is 0.913. The van der Waals surface area contributed by atoms with Crippen LogP contribution in [-0.2, 0) is 0 Å². The normalized spacial score (nSPS) is 15.7. The third-order valence-electron chi connectivity index (χ3n) is 3.66. The SMILES string of the molecule is COc1nccc2c(NC3CCNCC3)cccc12.Cl. The Morgan fingerprint density at radius 3 is 2.75 bits per heavy atom. The van der Waals surface area contributed by atoms with Crippen LogP contribution in [0.15, 0.2) is 30.5 Å². The summed E-state index contributed by atoms with van der Waals surface area (Å²) in [6, 6.07) is 8.82. The highest BCUT2D eigenvalue weighted by Crippen LogP contribution is 2.29. The van der Waals surface area contributed by atoms with Crippen LogP contribution in [0.2, 0.25) is 0 Å². The number of benzene rings is 1. The van der Waals surface area contributed by atoms with Crippen molar-refractivity contribution in [3.8, 4) is 5.88 Å². The zero-order chi connectivity index (χ0) is 13.1. The molecule has 0 bridgehead atoms. The van der Waals surface area contributed by atoms with Crippen LogP contribution in [0.25, 0.3) is 10.8 Å². The predicted molar refractivity (Wildman–Crippen MR) is 85.1 cm³/mol. The van der Waals surface area contributed by atoms with Crippen molar-refractivity contribution in [2.75, 3.05) is 25.5 Å². The van der Waals surface area contributed by atoms with E-state index in [9.17, 15) is 0 Å². The number of aromatic nitrogens is 1. The van der Waals surface area contributed by atoms with Gasteiger partial charge in [-0.2, -0.15) is 0 Å². The minimum Gasteiger partial charge on any atom is -0.481 e. The highest BCUT2D eigenvalue weighted by molar-refractivity contribution is 5.96. The van der Waals surface area contributed by atoms with Gasteiger partial charge in [-0.3, -0.25) is 0 Å². The predicted octanol–water partition coefficient (Wildman–Crippen LogP) is 2.83. The molecule has 1 aromatic heterocycles. The maximum atomic E-state index is 5.32. The molecule has 5 heteroatoms. The third kappa shape index (κ3) is 2.97. The van der Waals surface area contributed by atoms with E-state index in [4.69, 9.17) is 4.74 Å². The van der Waals surface area contributed by atoms with E-state index >= 15 is 0 Å². The van der Waals surface area contributed by atoms with Gasteiger partial charge in [0.15, 0.2) is 0 Å². The molecule has 0 unspecified atom stereocenters. The van der Waals surface area contributed by atoms with Crippen molar-refractivity contribution < 1.29 is 4.74 Å². The number of nitrogens with zero attached hydrogens (tertiary/aromatic N) is 1. The van der Waals surface area contributed by atoms with E-state index in [1.165, 1.54) is 23.9 Å². The fourth-order valence-corrected chi connectivity index (χ4v) is 2.65. The number of piperidine rings is 1. The zero-order valence-corrected chi connectivity index (χ0v) is 12.4. The molecule has 1 aliphatic heterocycles. The summed E-state index contributed by atoms with van der Waals surface area (Å²) in [5, 5.41) is 9.27. The average Bonchev–Trinajstić information content (AvgIpc) is 2.48. The number of halogens is 1. The Morgan fingerprint density at radius 2 is 2.00 bits per heavy atom. The second-order valence-corrected chi connectivity index (χ2v) is 4.89. The fraction of sp³-hybridized carbons (Fsp3) is 0.400. The molecule has 0 amide bonds. The van der Waals surface area contributed by atoms with Crippen molar-refractivity contribution in [1.82, 2.24) is 10.3 Å². The Balaban J connectivity index is 0.00000147. The summed E-state index contributed by atoms with van der Waals surface area (Å²) in [6.07, 6.45) is 4.13. The van der Waals surface area contributed by atoms with Gasteiger partial charge in [-0.1, -0.05) is 6.07 Å². The van der Waals surface area contributed by atoms with Crippen molar-refractivity contribution in [2.24, 2.45) is 0 Å². The standard InChI is InChI=1S/C15H19N3O.ClH/c1-19-15-13-3-2-4-14(12(13)7-10-17-15)18-11-5-8-16-9-6-11;/h2-4,7,10-11,16,18H,5-6,8-9H2,1H3;1H. The fourth-order valence-electron chi connectivity index (χ4n) is 2.65. The molecule has 0 radical (unpaired) electrons. The molecule has 0 aliphatic carbocycles. The van der Waals surface area contributed by atoms with Gasteiger partial charge in [0.25, 0.3) is 0 Å². The second-order valence-electron chi connectivity index (χ2n) is 4.89. The van der Waals surface area contributed by atoms with Crippen LogP contribution in [0.5, 0.6) is 5.88 Å². The lowest BCUT2D eigenvalue weighted by Gasteiger charge is -2.25. The molecular formula is C15H20ClN3O. The molecule has 0 saturated carbocycles. The molecule has 2 N–H and O–H groups in total. The van der Waals surface area contributed by atoms with E-state index < -0.39 is 0 Å². The summed E-state index contributed by atoms with van der Waals surface area (Å²) in [6.45, 7) is 2.18. The number of hydrogen-bond acceptors (Lipinski definition) is 4. The Bertz CT molecular complexity index is 570. The summed E-state index contributed by atoms with van der Waals surface area (Å²) in [5.41, 5.74) is 1.17. The molecule has 2 heterocycles. The highest BCUT2D eigenvalue weighted by Gasteiger charge is 2.14. The molecular weight excluding hydrogens is 274 g/mol. The Morgan fingerprint density at radius 1 is 1.20 bits per heavy atom. The van der Waals surface area contributed by atoms with Crippen molar-refractivity contribution in [1.29, 1.82) is 0 Å². The maximum absolute atomic E-state index is 5.32. The molecule has 1 aliphatic rings. The molecule has 1 saturated heterocycles. The summed E-state index contributed by atoms with van der Waals surface area (Å²) in [5.74, 6) is 0.687. The molecule has 1 aromatic carbocycles. The number of pyridine rings is 1. The van der Waals surface area contributed by atoms with Crippen LogP contribution in [0.3, 0.4) is 0 Å². The van der Waals surface area contributed by atoms with Gasteiger partial charge < -0.3 is 15.4 Å². The summed E-state index contributed by atoms with van der Waals surface area (Å²) in [4.78, 5) is 4.25. The average molecular weight is 294 g/mol. The molecule has 2 aromatic rings. The van der Waals surface area contributed by atoms with Crippen LogP contribution in [0, 0.1) is 0 Å². The number of hydrogen-bond donors (Lipinski definition) is 2. The Labute approximate surface area is 125 Å². The first-order chi connectivity index (χ1) is 9.38. The number of anilines is 1. The van der Waals surface area contributed by atoms with Crippen molar-refractivity contribution in [2.45, 2.75) is 18.9 Å². The topological polar surface area (TPSA) is 46.2 Å². The Kier molecular flexibility index (Phi) is 5.04. The number of rotatable bonds is 3. The highest BCUT2D eigenvalue weighted by atomic mass is 35.5. The van der Waals surface area contributed by atoms with Gasteiger partial charge >= 0.3 is 0 Å². The number of ether oxygens (including phenoxy) is 1.